The summed E-state index contributed by atoms with van der Waals surface area (Å²) in [4.78, 5) is 23.2. The van der Waals surface area contributed by atoms with E-state index in [0.29, 0.717) is 12.1 Å². The fraction of sp³-hybridized carbons (Fsp3) is 0.333. The van der Waals surface area contributed by atoms with Crippen molar-refractivity contribution in [3.8, 4) is 0 Å². The fourth-order valence-electron chi connectivity index (χ4n) is 1.60. The highest BCUT2D eigenvalue weighted by atomic mass is 16.4. The molecule has 0 spiro atoms. The Bertz CT molecular complexity index is 443. The molecule has 0 aliphatic heterocycles. The van der Waals surface area contributed by atoms with Gasteiger partial charge in [-0.1, -0.05) is 6.07 Å². The van der Waals surface area contributed by atoms with Gasteiger partial charge in [0.25, 0.3) is 0 Å². The van der Waals surface area contributed by atoms with Crippen molar-refractivity contribution >= 4 is 11.9 Å². The van der Waals surface area contributed by atoms with Crippen LogP contribution in [0.3, 0.4) is 0 Å². The van der Waals surface area contributed by atoms with Crippen LogP contribution in [0.4, 0.5) is 0 Å². The summed E-state index contributed by atoms with van der Waals surface area (Å²) in [6.07, 6.45) is 0. The zero-order valence-electron chi connectivity index (χ0n) is 9.93. The predicted molar refractivity (Wildman–Crippen MR) is 63.7 cm³/mol. The summed E-state index contributed by atoms with van der Waals surface area (Å²) in [5, 5.41) is 8.65. The van der Waals surface area contributed by atoms with E-state index in [9.17, 15) is 9.59 Å². The number of carboxylic acid groups (broad SMARTS) is 1. The molecule has 0 aliphatic rings. The number of carboxylic acids is 1. The maximum Gasteiger partial charge on any atom is 0.317 e. The van der Waals surface area contributed by atoms with Gasteiger partial charge in [-0.3, -0.25) is 14.5 Å². The Morgan fingerprint density at radius 3 is 2.53 bits per heavy atom. The molecule has 1 rings (SSSR count). The molecule has 5 heteroatoms. The number of nitrogens with zero attached hydrogens (tertiary/aromatic N) is 1. The number of rotatable bonds is 5. The highest BCUT2D eigenvalue weighted by Gasteiger charge is 2.08. The minimum absolute atomic E-state index is 0.0169. The molecule has 0 saturated heterocycles. The van der Waals surface area contributed by atoms with Crippen molar-refractivity contribution < 1.29 is 14.7 Å². The van der Waals surface area contributed by atoms with Gasteiger partial charge in [-0.05, 0) is 37.2 Å². The summed E-state index contributed by atoms with van der Waals surface area (Å²) in [7, 11) is 1.73. The molecular weight excluding hydrogens is 220 g/mol. The number of nitrogens with two attached hydrogens (primary N) is 1. The van der Waals surface area contributed by atoms with Gasteiger partial charge in [0.15, 0.2) is 0 Å². The van der Waals surface area contributed by atoms with Crippen LogP contribution in [0.15, 0.2) is 18.2 Å². The number of likely N-dealkylation sites (N-methyl/N-ethyl adjacent to an activating group) is 1. The number of amides is 1. The largest absolute Gasteiger partial charge is 0.480 e. The van der Waals surface area contributed by atoms with Crippen LogP contribution in [0.5, 0.6) is 0 Å². The molecule has 3 N–H and O–H groups in total. The Morgan fingerprint density at radius 2 is 2.06 bits per heavy atom. The molecule has 0 bridgehead atoms. The second-order valence-electron chi connectivity index (χ2n) is 4.07. The normalized spacial score (nSPS) is 10.5. The first-order valence-corrected chi connectivity index (χ1v) is 5.20. The maximum atomic E-state index is 11.0. The molecule has 1 aromatic carbocycles. The summed E-state index contributed by atoms with van der Waals surface area (Å²) in [5.74, 6) is -1.32. The number of hydrogen-bond donors (Lipinski definition) is 2. The quantitative estimate of drug-likeness (QED) is 0.784. The molecule has 1 amide bonds. The first-order chi connectivity index (χ1) is 7.90. The molecule has 17 heavy (non-hydrogen) atoms. The number of carbonyl (C=O) groups excluding carboxylic acids is 1. The summed E-state index contributed by atoms with van der Waals surface area (Å²) in [6.45, 7) is 2.38. The van der Waals surface area contributed by atoms with E-state index in [1.165, 1.54) is 0 Å². The topological polar surface area (TPSA) is 83.6 Å². The summed E-state index contributed by atoms with van der Waals surface area (Å²) < 4.78 is 0. The van der Waals surface area contributed by atoms with Crippen molar-refractivity contribution in [2.24, 2.45) is 5.73 Å². The predicted octanol–water partition coefficient (Wildman–Crippen LogP) is 0.610. The second kappa shape index (κ2) is 5.45. The van der Waals surface area contributed by atoms with E-state index in [1.54, 1.807) is 30.1 Å². The average molecular weight is 236 g/mol. The van der Waals surface area contributed by atoms with Crippen LogP contribution in [0, 0.1) is 6.92 Å². The molecule has 0 saturated carbocycles. The van der Waals surface area contributed by atoms with E-state index >= 15 is 0 Å². The molecule has 0 aromatic heterocycles. The molecule has 0 atom stereocenters. The molecule has 0 aliphatic carbocycles. The molecule has 5 nitrogen and oxygen atoms in total. The lowest BCUT2D eigenvalue weighted by Gasteiger charge is -2.15. The SMILES string of the molecule is Cc1cc(C(N)=O)ccc1CN(C)CC(=O)O. The highest BCUT2D eigenvalue weighted by Crippen LogP contribution is 2.12. The van der Waals surface area contributed by atoms with Crippen LogP contribution in [-0.4, -0.2) is 35.5 Å². The van der Waals surface area contributed by atoms with Crippen LogP contribution in [0.2, 0.25) is 0 Å². The monoisotopic (exact) mass is 236 g/mol. The minimum atomic E-state index is -0.862. The lowest BCUT2D eigenvalue weighted by atomic mass is 10.0. The van der Waals surface area contributed by atoms with Gasteiger partial charge in [0.05, 0.1) is 6.54 Å². The molecular formula is C12H16N2O3. The van der Waals surface area contributed by atoms with Crippen molar-refractivity contribution in [3.63, 3.8) is 0 Å². The first-order valence-electron chi connectivity index (χ1n) is 5.20. The molecule has 92 valence electrons. The van der Waals surface area contributed by atoms with E-state index in [-0.39, 0.29) is 6.54 Å². The van der Waals surface area contributed by atoms with E-state index in [0.717, 1.165) is 11.1 Å². The van der Waals surface area contributed by atoms with E-state index < -0.39 is 11.9 Å². The van der Waals surface area contributed by atoms with E-state index in [4.69, 9.17) is 10.8 Å². The van der Waals surface area contributed by atoms with Crippen molar-refractivity contribution in [2.75, 3.05) is 13.6 Å². The average Bonchev–Trinajstić information content (AvgIpc) is 2.19. The Morgan fingerprint density at radius 1 is 1.41 bits per heavy atom. The number of carbonyl (C=O) groups is 2. The number of aliphatic carboxylic acids is 1. The van der Waals surface area contributed by atoms with Crippen molar-refractivity contribution in [3.05, 3.63) is 34.9 Å². The zero-order valence-corrected chi connectivity index (χ0v) is 9.93. The van der Waals surface area contributed by atoms with Crippen LogP contribution >= 0.6 is 0 Å². The molecule has 1 aromatic rings. The van der Waals surface area contributed by atoms with Gasteiger partial charge < -0.3 is 10.8 Å². The smallest absolute Gasteiger partial charge is 0.317 e. The number of hydrogen-bond acceptors (Lipinski definition) is 3. The van der Waals surface area contributed by atoms with Crippen molar-refractivity contribution in [2.45, 2.75) is 13.5 Å². The third-order valence-corrected chi connectivity index (χ3v) is 2.47. The molecule has 0 unspecified atom stereocenters. The Labute approximate surface area is 99.8 Å². The summed E-state index contributed by atoms with van der Waals surface area (Å²) >= 11 is 0. The zero-order chi connectivity index (χ0) is 13.0. The van der Waals surface area contributed by atoms with Gasteiger partial charge in [-0.25, -0.2) is 0 Å². The van der Waals surface area contributed by atoms with Gasteiger partial charge in [0, 0.05) is 12.1 Å². The molecule has 0 heterocycles. The standard InChI is InChI=1S/C12H16N2O3/c1-8-5-9(12(13)17)3-4-10(8)6-14(2)7-11(15)16/h3-5H,6-7H2,1-2H3,(H2,13,17)(H,15,16). The Kier molecular flexibility index (Phi) is 4.23. The van der Waals surface area contributed by atoms with Gasteiger partial charge >= 0.3 is 5.97 Å². The second-order valence-corrected chi connectivity index (χ2v) is 4.07. The lowest BCUT2D eigenvalue weighted by Crippen LogP contribution is -2.25. The Hall–Kier alpha value is -1.88. The van der Waals surface area contributed by atoms with Crippen LogP contribution in [0.25, 0.3) is 0 Å². The maximum absolute atomic E-state index is 11.0. The third-order valence-electron chi connectivity index (χ3n) is 2.47. The van der Waals surface area contributed by atoms with E-state index in [1.807, 2.05) is 6.92 Å². The third kappa shape index (κ3) is 3.88. The highest BCUT2D eigenvalue weighted by molar-refractivity contribution is 5.93. The minimum Gasteiger partial charge on any atom is -0.480 e. The Balaban J connectivity index is 2.79. The van der Waals surface area contributed by atoms with Crippen LogP contribution in [-0.2, 0) is 11.3 Å². The molecule has 0 fully saturated rings. The number of benzene rings is 1. The lowest BCUT2D eigenvalue weighted by molar-refractivity contribution is -0.138. The van der Waals surface area contributed by atoms with Crippen LogP contribution in [0.1, 0.15) is 21.5 Å². The summed E-state index contributed by atoms with van der Waals surface area (Å²) in [5.41, 5.74) is 7.55. The van der Waals surface area contributed by atoms with Gasteiger partial charge in [0.1, 0.15) is 0 Å². The summed E-state index contributed by atoms with van der Waals surface area (Å²) in [6, 6.07) is 5.17. The fourth-order valence-corrected chi connectivity index (χ4v) is 1.60. The number of aryl methyl sites for hydroxylation is 1. The van der Waals surface area contributed by atoms with Gasteiger partial charge in [-0.15, -0.1) is 0 Å². The number of primary amides is 1. The van der Waals surface area contributed by atoms with Gasteiger partial charge in [0.2, 0.25) is 5.91 Å². The first kappa shape index (κ1) is 13.2. The van der Waals surface area contributed by atoms with Crippen LogP contribution < -0.4 is 5.73 Å². The van der Waals surface area contributed by atoms with Crippen molar-refractivity contribution in [1.82, 2.24) is 4.90 Å². The van der Waals surface area contributed by atoms with Gasteiger partial charge in [-0.2, -0.15) is 0 Å². The van der Waals surface area contributed by atoms with E-state index in [2.05, 4.69) is 0 Å². The van der Waals surface area contributed by atoms with Crippen molar-refractivity contribution in [1.29, 1.82) is 0 Å². The molecule has 0 radical (unpaired) electrons.